The lowest BCUT2D eigenvalue weighted by atomic mass is 9.98. The predicted octanol–water partition coefficient (Wildman–Crippen LogP) is 4.00. The van der Waals surface area contributed by atoms with Crippen LogP contribution in [0.1, 0.15) is 49.8 Å². The van der Waals surface area contributed by atoms with Crippen LogP contribution in [0.5, 0.6) is 0 Å². The number of dihydropyridines is 1. The van der Waals surface area contributed by atoms with Crippen molar-refractivity contribution in [3.8, 4) is 0 Å². The van der Waals surface area contributed by atoms with Crippen molar-refractivity contribution in [2.75, 3.05) is 6.54 Å². The van der Waals surface area contributed by atoms with E-state index in [-0.39, 0.29) is 0 Å². The topological polar surface area (TPSA) is 29.9 Å². The molecule has 3 aliphatic rings. The fourth-order valence-corrected chi connectivity index (χ4v) is 3.53. The van der Waals surface area contributed by atoms with Crippen molar-refractivity contribution < 1.29 is 0 Å². The molecule has 1 aromatic heterocycles. The summed E-state index contributed by atoms with van der Waals surface area (Å²) in [6, 6.07) is 0. The van der Waals surface area contributed by atoms with Crippen LogP contribution in [-0.4, -0.2) is 16.1 Å². The van der Waals surface area contributed by atoms with Gasteiger partial charge in [0.1, 0.15) is 11.6 Å². The zero-order valence-corrected chi connectivity index (χ0v) is 13.2. The number of hydrogen-bond acceptors (Lipinski definition) is 2. The first-order valence-electron chi connectivity index (χ1n) is 8.43. The molecule has 2 heterocycles. The molecule has 0 spiro atoms. The van der Waals surface area contributed by atoms with Crippen LogP contribution in [0.25, 0.3) is 17.5 Å². The van der Waals surface area contributed by atoms with E-state index >= 15 is 0 Å². The fraction of sp³-hybridized carbons (Fsp3) is 0.421. The average molecular weight is 293 g/mol. The van der Waals surface area contributed by atoms with E-state index in [4.69, 9.17) is 4.98 Å². The molecule has 0 fully saturated rings. The highest BCUT2D eigenvalue weighted by Crippen LogP contribution is 2.33. The standard InChI is InChI=1S/C19H23N3/c1-14-10-11-17-16(13-14)21-19(15-7-3-2-4-8-15)22(17)18-9-5-6-12-20-18/h5-7,9-11,14,20H,2-4,8,12-13H2,1H3. The lowest BCUT2D eigenvalue weighted by molar-refractivity contribution is 0.701. The molecule has 0 bridgehead atoms. The van der Waals surface area contributed by atoms with Gasteiger partial charge in [0, 0.05) is 6.54 Å². The van der Waals surface area contributed by atoms with Crippen molar-refractivity contribution in [3.63, 3.8) is 0 Å². The molecule has 3 heteroatoms. The smallest absolute Gasteiger partial charge is 0.142 e. The van der Waals surface area contributed by atoms with Gasteiger partial charge in [0.25, 0.3) is 0 Å². The fourth-order valence-electron chi connectivity index (χ4n) is 3.53. The number of hydrogen-bond donors (Lipinski definition) is 1. The third-order valence-electron chi connectivity index (χ3n) is 4.70. The molecule has 1 unspecified atom stereocenters. The number of nitrogens with zero attached hydrogens (tertiary/aromatic N) is 2. The molecular formula is C19H23N3. The maximum absolute atomic E-state index is 5.04. The Morgan fingerprint density at radius 2 is 2.27 bits per heavy atom. The van der Waals surface area contributed by atoms with E-state index in [1.807, 2.05) is 0 Å². The highest BCUT2D eigenvalue weighted by Gasteiger charge is 2.24. The number of nitrogens with one attached hydrogen (secondary N) is 1. The van der Waals surface area contributed by atoms with Gasteiger partial charge in [0.2, 0.25) is 0 Å². The van der Waals surface area contributed by atoms with Crippen LogP contribution >= 0.6 is 0 Å². The molecular weight excluding hydrogens is 270 g/mol. The summed E-state index contributed by atoms with van der Waals surface area (Å²) < 4.78 is 2.33. The van der Waals surface area contributed by atoms with Crippen LogP contribution < -0.4 is 5.32 Å². The number of rotatable bonds is 2. The van der Waals surface area contributed by atoms with Gasteiger partial charge in [-0.3, -0.25) is 4.57 Å². The molecule has 1 aromatic rings. The van der Waals surface area contributed by atoms with Crippen LogP contribution in [-0.2, 0) is 6.42 Å². The molecule has 3 nitrogen and oxygen atoms in total. The van der Waals surface area contributed by atoms with Crippen molar-refractivity contribution in [3.05, 3.63) is 47.6 Å². The van der Waals surface area contributed by atoms with Crippen LogP contribution in [0.4, 0.5) is 0 Å². The van der Waals surface area contributed by atoms with Crippen LogP contribution in [0.3, 0.4) is 0 Å². The first-order valence-corrected chi connectivity index (χ1v) is 8.43. The van der Waals surface area contributed by atoms with Crippen LogP contribution in [0.2, 0.25) is 0 Å². The summed E-state index contributed by atoms with van der Waals surface area (Å²) in [5, 5.41) is 3.50. The van der Waals surface area contributed by atoms with Crippen molar-refractivity contribution in [2.24, 2.45) is 5.92 Å². The van der Waals surface area contributed by atoms with E-state index in [0.717, 1.165) is 31.0 Å². The molecule has 22 heavy (non-hydrogen) atoms. The summed E-state index contributed by atoms with van der Waals surface area (Å²) in [5.41, 5.74) is 3.92. The minimum absolute atomic E-state index is 0.581. The molecule has 1 N–H and O–H groups in total. The van der Waals surface area contributed by atoms with Crippen LogP contribution in [0, 0.1) is 5.92 Å². The Kier molecular flexibility index (Phi) is 3.49. The van der Waals surface area contributed by atoms with Crippen molar-refractivity contribution in [1.82, 2.24) is 14.9 Å². The molecule has 1 aliphatic heterocycles. The van der Waals surface area contributed by atoms with E-state index in [9.17, 15) is 0 Å². The number of imidazole rings is 1. The van der Waals surface area contributed by atoms with Gasteiger partial charge < -0.3 is 5.32 Å². The third kappa shape index (κ3) is 2.35. The zero-order valence-electron chi connectivity index (χ0n) is 13.2. The van der Waals surface area contributed by atoms with E-state index in [0.29, 0.717) is 5.92 Å². The van der Waals surface area contributed by atoms with E-state index in [2.05, 4.69) is 53.3 Å². The second-order valence-corrected chi connectivity index (χ2v) is 6.48. The molecule has 2 aliphatic carbocycles. The Labute approximate surface area is 132 Å². The van der Waals surface area contributed by atoms with Crippen molar-refractivity contribution in [2.45, 2.75) is 39.0 Å². The van der Waals surface area contributed by atoms with Gasteiger partial charge in [0.15, 0.2) is 0 Å². The Bertz CT molecular complexity index is 701. The van der Waals surface area contributed by atoms with Crippen molar-refractivity contribution >= 4 is 17.5 Å². The van der Waals surface area contributed by atoms with Gasteiger partial charge in [-0.15, -0.1) is 0 Å². The summed E-state index contributed by atoms with van der Waals surface area (Å²) in [4.78, 5) is 5.04. The predicted molar refractivity (Wildman–Crippen MR) is 92.0 cm³/mol. The first kappa shape index (κ1) is 13.6. The average Bonchev–Trinajstić information content (AvgIpc) is 2.95. The van der Waals surface area contributed by atoms with Gasteiger partial charge in [-0.2, -0.15) is 0 Å². The maximum atomic E-state index is 5.04. The largest absolute Gasteiger partial charge is 0.368 e. The molecule has 4 rings (SSSR count). The summed E-state index contributed by atoms with van der Waals surface area (Å²) >= 11 is 0. The second-order valence-electron chi connectivity index (χ2n) is 6.48. The minimum atomic E-state index is 0.581. The van der Waals surface area contributed by atoms with Gasteiger partial charge in [0.05, 0.1) is 11.4 Å². The lowest BCUT2D eigenvalue weighted by Gasteiger charge is -2.20. The molecule has 0 aromatic carbocycles. The van der Waals surface area contributed by atoms with E-state index in [1.54, 1.807) is 0 Å². The minimum Gasteiger partial charge on any atom is -0.368 e. The highest BCUT2D eigenvalue weighted by molar-refractivity contribution is 5.70. The molecule has 0 saturated carbocycles. The first-order chi connectivity index (χ1) is 10.8. The normalized spacial score (nSPS) is 23.6. The summed E-state index contributed by atoms with van der Waals surface area (Å²) in [6.45, 7) is 3.15. The Balaban J connectivity index is 1.87. The lowest BCUT2D eigenvalue weighted by Crippen LogP contribution is -2.22. The van der Waals surface area contributed by atoms with Gasteiger partial charge in [-0.05, 0) is 55.7 Å². The second kappa shape index (κ2) is 5.64. The molecule has 114 valence electrons. The monoisotopic (exact) mass is 293 g/mol. The number of aromatic nitrogens is 2. The summed E-state index contributed by atoms with van der Waals surface area (Å²) in [6.07, 6.45) is 19.3. The SMILES string of the molecule is CC1C=Cc2c(nc(C3=CCCCC3)n2C2=CC=CCN2)C1. The van der Waals surface area contributed by atoms with Crippen molar-refractivity contribution in [1.29, 1.82) is 0 Å². The van der Waals surface area contributed by atoms with E-state index < -0.39 is 0 Å². The number of allylic oxidation sites excluding steroid dienone is 5. The Hall–Kier alpha value is -2.03. The molecule has 0 radical (unpaired) electrons. The number of fused-ring (bicyclic) bond motifs is 1. The Morgan fingerprint density at radius 1 is 1.32 bits per heavy atom. The van der Waals surface area contributed by atoms with Gasteiger partial charge >= 0.3 is 0 Å². The van der Waals surface area contributed by atoms with Gasteiger partial charge in [-0.1, -0.05) is 31.2 Å². The Morgan fingerprint density at radius 3 is 3.05 bits per heavy atom. The molecule has 0 saturated heterocycles. The highest BCUT2D eigenvalue weighted by atomic mass is 15.2. The van der Waals surface area contributed by atoms with Crippen LogP contribution in [0.15, 0.2) is 30.4 Å². The molecule has 1 atom stereocenters. The zero-order chi connectivity index (χ0) is 14.9. The third-order valence-corrected chi connectivity index (χ3v) is 4.70. The quantitative estimate of drug-likeness (QED) is 0.893. The summed E-state index contributed by atoms with van der Waals surface area (Å²) in [5.74, 6) is 2.88. The van der Waals surface area contributed by atoms with Gasteiger partial charge in [-0.25, -0.2) is 4.98 Å². The van der Waals surface area contributed by atoms with E-state index in [1.165, 1.54) is 36.2 Å². The maximum Gasteiger partial charge on any atom is 0.142 e. The summed E-state index contributed by atoms with van der Waals surface area (Å²) in [7, 11) is 0. The molecule has 0 amide bonds.